The molecule has 1 heterocycles. The Kier molecular flexibility index (Phi) is 2.84. The summed E-state index contributed by atoms with van der Waals surface area (Å²) in [5.74, 6) is 0.0632. The van der Waals surface area contributed by atoms with Gasteiger partial charge in [0, 0.05) is 11.0 Å². The molecule has 14 heavy (non-hydrogen) atoms. The first-order valence-corrected chi connectivity index (χ1v) is 5.31. The topological polar surface area (TPSA) is 41.1 Å². The summed E-state index contributed by atoms with van der Waals surface area (Å²) in [7, 11) is 0. The van der Waals surface area contributed by atoms with Crippen LogP contribution in [-0.2, 0) is 4.79 Å². The number of carbonyl (C=O) groups excluding carboxylic acids is 1. The number of hydrogen-bond acceptors (Lipinski definition) is 2. The van der Waals surface area contributed by atoms with E-state index in [4.69, 9.17) is 0 Å². The molecule has 1 unspecified atom stereocenters. The van der Waals surface area contributed by atoms with Crippen LogP contribution in [0.5, 0.6) is 0 Å². The van der Waals surface area contributed by atoms with Gasteiger partial charge in [0.2, 0.25) is 5.91 Å². The van der Waals surface area contributed by atoms with Crippen LogP contribution in [0.15, 0.2) is 28.7 Å². The molecule has 74 valence electrons. The Morgan fingerprint density at radius 1 is 1.36 bits per heavy atom. The SMILES string of the molecule is O=C1CNC(c2ccccc2Br)CN1. The minimum atomic E-state index is 0.0632. The quantitative estimate of drug-likeness (QED) is 0.792. The summed E-state index contributed by atoms with van der Waals surface area (Å²) in [5.41, 5.74) is 1.19. The van der Waals surface area contributed by atoms with Crippen molar-refractivity contribution in [3.8, 4) is 0 Å². The second kappa shape index (κ2) is 4.11. The van der Waals surface area contributed by atoms with Crippen molar-refractivity contribution in [2.24, 2.45) is 0 Å². The van der Waals surface area contributed by atoms with Crippen LogP contribution in [0.25, 0.3) is 0 Å². The zero-order valence-electron chi connectivity index (χ0n) is 7.59. The number of rotatable bonds is 1. The maximum Gasteiger partial charge on any atom is 0.234 e. The van der Waals surface area contributed by atoms with Crippen LogP contribution in [0.4, 0.5) is 0 Å². The average Bonchev–Trinajstić information content (AvgIpc) is 2.20. The standard InChI is InChI=1S/C10H11BrN2O/c11-8-4-2-1-3-7(8)9-5-13-10(14)6-12-9/h1-4,9,12H,5-6H2,(H,13,14). The Bertz CT molecular complexity index is 344. The molecule has 1 aromatic rings. The van der Waals surface area contributed by atoms with Gasteiger partial charge in [-0.1, -0.05) is 34.1 Å². The van der Waals surface area contributed by atoms with E-state index in [1.54, 1.807) is 0 Å². The molecule has 1 aliphatic heterocycles. The molecule has 2 N–H and O–H groups in total. The Morgan fingerprint density at radius 3 is 2.79 bits per heavy atom. The van der Waals surface area contributed by atoms with Gasteiger partial charge in [-0.2, -0.15) is 0 Å². The molecule has 0 bridgehead atoms. The Morgan fingerprint density at radius 2 is 2.14 bits per heavy atom. The highest BCUT2D eigenvalue weighted by molar-refractivity contribution is 9.10. The summed E-state index contributed by atoms with van der Waals surface area (Å²) in [6, 6.07) is 8.25. The number of nitrogens with one attached hydrogen (secondary N) is 2. The Balaban J connectivity index is 2.16. The lowest BCUT2D eigenvalue weighted by Gasteiger charge is -2.25. The third-order valence-corrected chi connectivity index (χ3v) is 3.02. The largest absolute Gasteiger partial charge is 0.353 e. The molecule has 0 aliphatic carbocycles. The maximum atomic E-state index is 10.9. The fourth-order valence-electron chi connectivity index (χ4n) is 1.54. The predicted octanol–water partition coefficient (Wildman–Crippen LogP) is 1.21. The molecule has 0 aromatic heterocycles. The summed E-state index contributed by atoms with van der Waals surface area (Å²) >= 11 is 3.49. The highest BCUT2D eigenvalue weighted by Gasteiger charge is 2.19. The molecule has 1 saturated heterocycles. The van der Waals surface area contributed by atoms with Crippen LogP contribution < -0.4 is 10.6 Å². The third-order valence-electron chi connectivity index (χ3n) is 2.29. The van der Waals surface area contributed by atoms with Crippen LogP contribution in [0.3, 0.4) is 0 Å². The van der Waals surface area contributed by atoms with Crippen molar-refractivity contribution in [1.82, 2.24) is 10.6 Å². The number of hydrogen-bond donors (Lipinski definition) is 2. The van der Waals surface area contributed by atoms with Gasteiger partial charge in [0.05, 0.1) is 12.6 Å². The van der Waals surface area contributed by atoms with Crippen LogP contribution in [0, 0.1) is 0 Å². The Hall–Kier alpha value is -0.870. The third kappa shape index (κ3) is 1.96. The van der Waals surface area contributed by atoms with Gasteiger partial charge >= 0.3 is 0 Å². The van der Waals surface area contributed by atoms with E-state index in [0.29, 0.717) is 13.1 Å². The van der Waals surface area contributed by atoms with Gasteiger partial charge in [0.1, 0.15) is 0 Å². The van der Waals surface area contributed by atoms with Gasteiger partial charge in [-0.15, -0.1) is 0 Å². The molecular formula is C10H11BrN2O. The van der Waals surface area contributed by atoms with Crippen LogP contribution in [-0.4, -0.2) is 19.0 Å². The first-order chi connectivity index (χ1) is 6.77. The second-order valence-electron chi connectivity index (χ2n) is 3.26. The summed E-state index contributed by atoms with van der Waals surface area (Å²) in [6.07, 6.45) is 0. The first-order valence-electron chi connectivity index (χ1n) is 4.52. The molecule has 4 heteroatoms. The lowest BCUT2D eigenvalue weighted by Crippen LogP contribution is -2.46. The summed E-state index contributed by atoms with van der Waals surface area (Å²) < 4.78 is 1.08. The van der Waals surface area contributed by atoms with Gasteiger partial charge in [-0.3, -0.25) is 10.1 Å². The molecule has 0 spiro atoms. The van der Waals surface area contributed by atoms with Crippen molar-refractivity contribution in [2.75, 3.05) is 13.1 Å². The zero-order valence-corrected chi connectivity index (χ0v) is 9.17. The fraction of sp³-hybridized carbons (Fsp3) is 0.300. The number of carbonyl (C=O) groups is 1. The number of piperazine rings is 1. The maximum absolute atomic E-state index is 10.9. The average molecular weight is 255 g/mol. The zero-order chi connectivity index (χ0) is 9.97. The number of halogens is 1. The lowest BCUT2D eigenvalue weighted by molar-refractivity contribution is -0.121. The molecule has 1 aliphatic rings. The van der Waals surface area contributed by atoms with Gasteiger partial charge in [-0.05, 0) is 11.6 Å². The molecule has 0 saturated carbocycles. The highest BCUT2D eigenvalue weighted by Crippen LogP contribution is 2.23. The molecule has 3 nitrogen and oxygen atoms in total. The van der Waals surface area contributed by atoms with Crippen molar-refractivity contribution >= 4 is 21.8 Å². The lowest BCUT2D eigenvalue weighted by atomic mass is 10.1. The van der Waals surface area contributed by atoms with Crippen molar-refractivity contribution in [2.45, 2.75) is 6.04 Å². The van der Waals surface area contributed by atoms with Gasteiger partial charge < -0.3 is 5.32 Å². The van der Waals surface area contributed by atoms with E-state index in [2.05, 4.69) is 32.6 Å². The summed E-state index contributed by atoms with van der Waals surface area (Å²) in [5, 5.41) is 6.02. The number of amides is 1. The molecule has 1 amide bonds. The van der Waals surface area contributed by atoms with E-state index in [1.807, 2.05) is 18.2 Å². The Labute approximate surface area is 91.0 Å². The van der Waals surface area contributed by atoms with Gasteiger partial charge in [-0.25, -0.2) is 0 Å². The van der Waals surface area contributed by atoms with Crippen molar-refractivity contribution in [3.05, 3.63) is 34.3 Å². The molecule has 0 radical (unpaired) electrons. The van der Waals surface area contributed by atoms with E-state index < -0.39 is 0 Å². The number of benzene rings is 1. The normalized spacial score (nSPS) is 21.8. The molecular weight excluding hydrogens is 244 g/mol. The van der Waals surface area contributed by atoms with E-state index >= 15 is 0 Å². The van der Waals surface area contributed by atoms with Crippen molar-refractivity contribution < 1.29 is 4.79 Å². The molecule has 2 rings (SSSR count). The smallest absolute Gasteiger partial charge is 0.234 e. The highest BCUT2D eigenvalue weighted by atomic mass is 79.9. The van der Waals surface area contributed by atoms with Gasteiger partial charge in [0.15, 0.2) is 0 Å². The molecule has 1 aromatic carbocycles. The van der Waals surface area contributed by atoms with E-state index in [-0.39, 0.29) is 11.9 Å². The summed E-state index contributed by atoms with van der Waals surface area (Å²) in [6.45, 7) is 1.05. The second-order valence-corrected chi connectivity index (χ2v) is 4.11. The minimum absolute atomic E-state index is 0.0632. The van der Waals surface area contributed by atoms with Crippen LogP contribution in [0.2, 0.25) is 0 Å². The monoisotopic (exact) mass is 254 g/mol. The van der Waals surface area contributed by atoms with E-state index in [1.165, 1.54) is 5.56 Å². The van der Waals surface area contributed by atoms with E-state index in [0.717, 1.165) is 4.47 Å². The fourth-order valence-corrected chi connectivity index (χ4v) is 2.11. The van der Waals surface area contributed by atoms with Crippen molar-refractivity contribution in [1.29, 1.82) is 0 Å². The minimum Gasteiger partial charge on any atom is -0.353 e. The van der Waals surface area contributed by atoms with Crippen LogP contribution >= 0.6 is 15.9 Å². The first kappa shape index (κ1) is 9.68. The van der Waals surface area contributed by atoms with Crippen LogP contribution in [0.1, 0.15) is 11.6 Å². The summed E-state index contributed by atoms with van der Waals surface area (Å²) in [4.78, 5) is 10.9. The van der Waals surface area contributed by atoms with E-state index in [9.17, 15) is 4.79 Å². The van der Waals surface area contributed by atoms with Crippen molar-refractivity contribution in [3.63, 3.8) is 0 Å². The molecule has 1 atom stereocenters. The van der Waals surface area contributed by atoms with Gasteiger partial charge in [0.25, 0.3) is 0 Å². The predicted molar refractivity (Wildman–Crippen MR) is 57.9 cm³/mol. The molecule has 1 fully saturated rings.